The molecule has 3 N–H and O–H groups in total. The molecule has 7 heteroatoms. The third-order valence-electron chi connectivity index (χ3n) is 5.15. The van der Waals surface area contributed by atoms with Crippen LogP contribution in [0, 0.1) is 0 Å². The number of hydrogen-bond acceptors (Lipinski definition) is 5. The maximum atomic E-state index is 13.1. The zero-order valence-electron chi connectivity index (χ0n) is 16.1. The Bertz CT molecular complexity index is 875. The molecule has 28 heavy (non-hydrogen) atoms. The lowest BCUT2D eigenvalue weighted by atomic mass is 9.93. The fourth-order valence-corrected chi connectivity index (χ4v) is 3.27. The Morgan fingerprint density at radius 2 is 1.75 bits per heavy atom. The summed E-state index contributed by atoms with van der Waals surface area (Å²) in [6, 6.07) is 11.1. The SMILES string of the molecule is CNC(=O)C(NC(=O)C1(c2ccc(OC)cc2)CC1)c1ccc(O)c(OC)c1. The van der Waals surface area contributed by atoms with Crippen molar-refractivity contribution >= 4 is 11.8 Å². The Hall–Kier alpha value is -3.22. The third kappa shape index (κ3) is 3.60. The number of benzene rings is 2. The summed E-state index contributed by atoms with van der Waals surface area (Å²) in [6.07, 6.45) is 1.43. The number of phenolic OH excluding ortho intramolecular Hbond substituents is 1. The minimum absolute atomic E-state index is 0.0369. The van der Waals surface area contributed by atoms with Crippen molar-refractivity contribution in [2.24, 2.45) is 0 Å². The van der Waals surface area contributed by atoms with E-state index in [0.29, 0.717) is 18.4 Å². The Balaban J connectivity index is 1.86. The largest absolute Gasteiger partial charge is 0.504 e. The van der Waals surface area contributed by atoms with Gasteiger partial charge in [0, 0.05) is 7.05 Å². The van der Waals surface area contributed by atoms with Crippen LogP contribution in [-0.2, 0) is 15.0 Å². The van der Waals surface area contributed by atoms with Crippen molar-refractivity contribution in [1.29, 1.82) is 0 Å². The van der Waals surface area contributed by atoms with Gasteiger partial charge in [-0.3, -0.25) is 9.59 Å². The van der Waals surface area contributed by atoms with E-state index in [2.05, 4.69) is 10.6 Å². The number of ether oxygens (including phenoxy) is 2. The normalized spacial score (nSPS) is 15.2. The predicted molar refractivity (Wildman–Crippen MR) is 104 cm³/mol. The number of phenols is 1. The standard InChI is InChI=1S/C21H24N2O5/c1-22-19(25)18(13-4-9-16(24)17(12-13)28-3)23-20(26)21(10-11-21)14-5-7-15(27-2)8-6-14/h4-9,12,18,24H,10-11H2,1-3H3,(H,22,25)(H,23,26). The molecule has 0 saturated heterocycles. The first-order valence-electron chi connectivity index (χ1n) is 8.99. The molecule has 1 atom stereocenters. The van der Waals surface area contributed by atoms with E-state index < -0.39 is 11.5 Å². The van der Waals surface area contributed by atoms with Gasteiger partial charge in [0.1, 0.15) is 11.8 Å². The molecule has 1 unspecified atom stereocenters. The van der Waals surface area contributed by atoms with Crippen LogP contribution in [0.5, 0.6) is 17.2 Å². The van der Waals surface area contributed by atoms with Gasteiger partial charge >= 0.3 is 0 Å². The number of nitrogens with one attached hydrogen (secondary N) is 2. The van der Waals surface area contributed by atoms with E-state index in [4.69, 9.17) is 9.47 Å². The fraction of sp³-hybridized carbons (Fsp3) is 0.333. The molecule has 1 aliphatic rings. The predicted octanol–water partition coefficient (Wildman–Crippen LogP) is 2.04. The Labute approximate surface area is 163 Å². The molecule has 1 aliphatic carbocycles. The van der Waals surface area contributed by atoms with E-state index in [1.54, 1.807) is 19.2 Å². The van der Waals surface area contributed by atoms with Crippen LogP contribution in [0.4, 0.5) is 0 Å². The summed E-state index contributed by atoms with van der Waals surface area (Å²) < 4.78 is 10.3. The topological polar surface area (TPSA) is 96.9 Å². The lowest BCUT2D eigenvalue weighted by molar-refractivity contribution is -0.130. The van der Waals surface area contributed by atoms with Crippen LogP contribution < -0.4 is 20.1 Å². The monoisotopic (exact) mass is 384 g/mol. The molecule has 0 aromatic heterocycles. The minimum atomic E-state index is -0.900. The first-order chi connectivity index (χ1) is 13.4. The van der Waals surface area contributed by atoms with Gasteiger partial charge in [0.25, 0.3) is 0 Å². The van der Waals surface area contributed by atoms with E-state index in [-0.39, 0.29) is 23.3 Å². The molecule has 1 fully saturated rings. The maximum absolute atomic E-state index is 13.1. The molecule has 0 bridgehead atoms. The van der Waals surface area contributed by atoms with Gasteiger partial charge in [-0.1, -0.05) is 18.2 Å². The number of methoxy groups -OCH3 is 2. The first kappa shape index (κ1) is 19.5. The second-order valence-electron chi connectivity index (χ2n) is 6.76. The molecule has 1 saturated carbocycles. The Morgan fingerprint density at radius 3 is 2.29 bits per heavy atom. The molecule has 2 amide bonds. The molecular formula is C21H24N2O5. The molecule has 0 radical (unpaired) electrons. The van der Waals surface area contributed by atoms with Gasteiger partial charge in [-0.25, -0.2) is 0 Å². The lowest BCUT2D eigenvalue weighted by Gasteiger charge is -2.23. The average molecular weight is 384 g/mol. The second-order valence-corrected chi connectivity index (χ2v) is 6.76. The van der Waals surface area contributed by atoms with Crippen LogP contribution in [0.1, 0.15) is 30.0 Å². The van der Waals surface area contributed by atoms with Crippen LogP contribution in [-0.4, -0.2) is 38.2 Å². The highest BCUT2D eigenvalue weighted by Crippen LogP contribution is 2.49. The molecular weight excluding hydrogens is 360 g/mol. The highest BCUT2D eigenvalue weighted by Gasteiger charge is 2.52. The third-order valence-corrected chi connectivity index (χ3v) is 5.15. The number of aromatic hydroxyl groups is 1. The molecule has 2 aromatic carbocycles. The van der Waals surface area contributed by atoms with Gasteiger partial charge in [0.05, 0.1) is 19.6 Å². The number of hydrogen-bond donors (Lipinski definition) is 3. The summed E-state index contributed by atoms with van der Waals surface area (Å²) in [5.41, 5.74) is 0.775. The van der Waals surface area contributed by atoms with Gasteiger partial charge in [0.2, 0.25) is 11.8 Å². The smallest absolute Gasteiger partial charge is 0.246 e. The van der Waals surface area contributed by atoms with Crippen molar-refractivity contribution in [3.8, 4) is 17.2 Å². The van der Waals surface area contributed by atoms with Crippen molar-refractivity contribution in [1.82, 2.24) is 10.6 Å². The number of rotatable bonds is 7. The lowest BCUT2D eigenvalue weighted by Crippen LogP contribution is -2.43. The van der Waals surface area contributed by atoms with Crippen molar-refractivity contribution in [2.75, 3.05) is 21.3 Å². The van der Waals surface area contributed by atoms with Gasteiger partial charge in [0.15, 0.2) is 11.5 Å². The van der Waals surface area contributed by atoms with Crippen LogP contribution in [0.25, 0.3) is 0 Å². The van der Waals surface area contributed by atoms with Crippen molar-refractivity contribution in [2.45, 2.75) is 24.3 Å². The zero-order valence-corrected chi connectivity index (χ0v) is 16.1. The summed E-state index contributed by atoms with van der Waals surface area (Å²) in [5, 5.41) is 15.2. The van der Waals surface area contributed by atoms with E-state index >= 15 is 0 Å². The van der Waals surface area contributed by atoms with E-state index in [9.17, 15) is 14.7 Å². The number of carbonyl (C=O) groups excluding carboxylic acids is 2. The molecule has 7 nitrogen and oxygen atoms in total. The van der Waals surface area contributed by atoms with Gasteiger partial charge in [-0.05, 0) is 48.2 Å². The minimum Gasteiger partial charge on any atom is -0.504 e. The second kappa shape index (κ2) is 7.80. The van der Waals surface area contributed by atoms with Gasteiger partial charge < -0.3 is 25.2 Å². The number of likely N-dealkylation sites (N-methyl/N-ethyl adjacent to an activating group) is 1. The molecule has 0 spiro atoms. The maximum Gasteiger partial charge on any atom is 0.246 e. The highest BCUT2D eigenvalue weighted by atomic mass is 16.5. The van der Waals surface area contributed by atoms with Crippen LogP contribution in [0.2, 0.25) is 0 Å². The van der Waals surface area contributed by atoms with E-state index in [1.165, 1.54) is 20.2 Å². The summed E-state index contributed by atoms with van der Waals surface area (Å²) in [5.74, 6) is 0.353. The summed E-state index contributed by atoms with van der Waals surface area (Å²) in [4.78, 5) is 25.6. The highest BCUT2D eigenvalue weighted by molar-refractivity contribution is 5.95. The summed E-state index contributed by atoms with van der Waals surface area (Å²) >= 11 is 0. The van der Waals surface area contributed by atoms with Crippen LogP contribution in [0.15, 0.2) is 42.5 Å². The molecule has 148 valence electrons. The van der Waals surface area contributed by atoms with Gasteiger partial charge in [-0.15, -0.1) is 0 Å². The van der Waals surface area contributed by atoms with Crippen molar-refractivity contribution in [3.05, 3.63) is 53.6 Å². The fourth-order valence-electron chi connectivity index (χ4n) is 3.27. The molecule has 3 rings (SSSR count). The van der Waals surface area contributed by atoms with E-state index in [1.807, 2.05) is 24.3 Å². The summed E-state index contributed by atoms with van der Waals surface area (Å²) in [6.45, 7) is 0. The number of amides is 2. The van der Waals surface area contributed by atoms with Crippen LogP contribution in [0.3, 0.4) is 0 Å². The number of carbonyl (C=O) groups is 2. The first-order valence-corrected chi connectivity index (χ1v) is 8.99. The quantitative estimate of drug-likeness (QED) is 0.679. The van der Waals surface area contributed by atoms with Gasteiger partial charge in [-0.2, -0.15) is 0 Å². The van der Waals surface area contributed by atoms with Crippen molar-refractivity contribution in [3.63, 3.8) is 0 Å². The average Bonchev–Trinajstić information content (AvgIpc) is 3.54. The Morgan fingerprint density at radius 1 is 1.07 bits per heavy atom. The molecule has 2 aromatic rings. The molecule has 0 heterocycles. The summed E-state index contributed by atoms with van der Waals surface area (Å²) in [7, 11) is 4.53. The zero-order chi connectivity index (χ0) is 20.3. The van der Waals surface area contributed by atoms with E-state index in [0.717, 1.165) is 11.3 Å². The van der Waals surface area contributed by atoms with Crippen LogP contribution >= 0.6 is 0 Å². The van der Waals surface area contributed by atoms with Crippen molar-refractivity contribution < 1.29 is 24.2 Å². The Kier molecular flexibility index (Phi) is 5.44. The molecule has 0 aliphatic heterocycles.